The fraction of sp³-hybridized carbons (Fsp3) is 0.0882. The summed E-state index contributed by atoms with van der Waals surface area (Å²) in [6.45, 7) is 6.40. The van der Waals surface area contributed by atoms with Crippen LogP contribution >= 0.6 is 0 Å². The van der Waals surface area contributed by atoms with E-state index in [-0.39, 0.29) is 0 Å². The van der Waals surface area contributed by atoms with Crippen molar-refractivity contribution in [2.45, 2.75) is 20.8 Å². The Hall–Kier alpha value is -4.83. The lowest BCUT2D eigenvalue weighted by molar-refractivity contribution is 1.07. The van der Waals surface area contributed by atoms with E-state index in [1.54, 1.807) is 0 Å². The molecule has 0 bridgehead atoms. The molecule has 0 N–H and O–H groups in total. The van der Waals surface area contributed by atoms with Crippen LogP contribution in [0, 0.1) is 13.8 Å². The third-order valence-electron chi connectivity index (χ3n) is 6.81. The van der Waals surface area contributed by atoms with E-state index in [1.165, 1.54) is 27.7 Å². The lowest BCUT2D eigenvalue weighted by atomic mass is 10.1. The molecule has 0 aliphatic rings. The zero-order valence-corrected chi connectivity index (χ0v) is 21.8. The molecule has 0 aliphatic heterocycles. The number of aromatic nitrogens is 4. The molecule has 0 aliphatic carbocycles. The van der Waals surface area contributed by atoms with Crippen LogP contribution in [0.15, 0.2) is 109 Å². The van der Waals surface area contributed by atoms with Crippen molar-refractivity contribution >= 4 is 17.0 Å². The van der Waals surface area contributed by atoms with Crippen molar-refractivity contribution in [3.8, 4) is 39.9 Å². The van der Waals surface area contributed by atoms with E-state index in [4.69, 9.17) is 15.0 Å². The van der Waals surface area contributed by atoms with Gasteiger partial charge in [-0.3, -0.25) is 0 Å². The van der Waals surface area contributed by atoms with E-state index in [1.807, 2.05) is 60.7 Å². The number of rotatable bonds is 5. The number of allylic oxidation sites excluding steroid dienone is 1. The number of nitrogens with zero attached hydrogens (tertiary/aromatic N) is 4. The van der Waals surface area contributed by atoms with Gasteiger partial charge in [0, 0.05) is 33.5 Å². The normalized spacial score (nSPS) is 11.4. The first-order chi connectivity index (χ1) is 18.6. The summed E-state index contributed by atoms with van der Waals surface area (Å²) in [7, 11) is 0. The van der Waals surface area contributed by atoms with Crippen LogP contribution in [-0.2, 0) is 0 Å². The first kappa shape index (κ1) is 23.6. The molecule has 0 fully saturated rings. The van der Waals surface area contributed by atoms with Crippen LogP contribution in [0.25, 0.3) is 56.8 Å². The first-order valence-corrected chi connectivity index (χ1v) is 12.8. The smallest absolute Gasteiger partial charge is 0.164 e. The summed E-state index contributed by atoms with van der Waals surface area (Å²) in [5.41, 5.74) is 8.82. The van der Waals surface area contributed by atoms with Crippen LogP contribution < -0.4 is 0 Å². The van der Waals surface area contributed by atoms with Gasteiger partial charge in [-0.2, -0.15) is 0 Å². The van der Waals surface area contributed by atoms with E-state index in [9.17, 15) is 0 Å². The molecule has 184 valence electrons. The quantitative estimate of drug-likeness (QED) is 0.242. The van der Waals surface area contributed by atoms with E-state index in [0.29, 0.717) is 17.5 Å². The molecular formula is C34H28N4. The standard InChI is InChI=1S/C34H28N4/c1-4-12-30-24(3)29-21-23(2)19-20-31(29)38(30)28-18-11-17-27(22-28)34-36-32(25-13-7-5-8-14-25)35-33(37-34)26-15-9-6-10-16-26/h4-22H,1-3H3/b12-4-. The Bertz CT molecular complexity index is 1720. The maximum absolute atomic E-state index is 4.93. The van der Waals surface area contributed by atoms with Crippen molar-refractivity contribution < 1.29 is 0 Å². The molecule has 0 amide bonds. The van der Waals surface area contributed by atoms with E-state index < -0.39 is 0 Å². The van der Waals surface area contributed by atoms with Gasteiger partial charge in [0.2, 0.25) is 0 Å². The van der Waals surface area contributed by atoms with Crippen molar-refractivity contribution in [3.05, 3.63) is 126 Å². The molecule has 4 heteroatoms. The van der Waals surface area contributed by atoms with Gasteiger partial charge in [-0.25, -0.2) is 15.0 Å². The van der Waals surface area contributed by atoms with Crippen molar-refractivity contribution in [2.24, 2.45) is 0 Å². The molecule has 2 aromatic heterocycles. The Morgan fingerprint density at radius 2 is 1.18 bits per heavy atom. The molecule has 2 heterocycles. The lowest BCUT2D eigenvalue weighted by Gasteiger charge is -2.12. The van der Waals surface area contributed by atoms with Crippen molar-refractivity contribution in [2.75, 3.05) is 0 Å². The Balaban J connectivity index is 1.55. The summed E-state index contributed by atoms with van der Waals surface area (Å²) in [5.74, 6) is 1.97. The Morgan fingerprint density at radius 1 is 0.605 bits per heavy atom. The minimum Gasteiger partial charge on any atom is -0.310 e. The van der Waals surface area contributed by atoms with E-state index in [2.05, 4.69) is 80.0 Å². The van der Waals surface area contributed by atoms with Crippen LogP contribution in [0.4, 0.5) is 0 Å². The molecular weight excluding hydrogens is 464 g/mol. The summed E-state index contributed by atoms with van der Waals surface area (Å²) in [5, 5.41) is 1.27. The molecule has 0 spiro atoms. The predicted octanol–water partition coefficient (Wildman–Crippen LogP) is 8.47. The summed E-state index contributed by atoms with van der Waals surface area (Å²) in [6, 6.07) is 35.3. The molecule has 6 aromatic rings. The minimum absolute atomic E-state index is 0.649. The molecule has 0 saturated carbocycles. The van der Waals surface area contributed by atoms with Gasteiger partial charge in [-0.15, -0.1) is 0 Å². The second-order valence-corrected chi connectivity index (χ2v) is 9.45. The van der Waals surface area contributed by atoms with Gasteiger partial charge in [-0.05, 0) is 56.7 Å². The topological polar surface area (TPSA) is 43.6 Å². The highest BCUT2D eigenvalue weighted by Gasteiger charge is 2.16. The molecule has 4 nitrogen and oxygen atoms in total. The summed E-state index contributed by atoms with van der Waals surface area (Å²) < 4.78 is 2.32. The fourth-order valence-electron chi connectivity index (χ4n) is 4.94. The van der Waals surface area contributed by atoms with Gasteiger partial charge in [-0.1, -0.05) is 90.5 Å². The van der Waals surface area contributed by atoms with Crippen LogP contribution in [0.3, 0.4) is 0 Å². The maximum atomic E-state index is 4.93. The largest absolute Gasteiger partial charge is 0.310 e. The summed E-state index contributed by atoms with van der Waals surface area (Å²) in [4.78, 5) is 14.7. The minimum atomic E-state index is 0.649. The second kappa shape index (κ2) is 9.91. The summed E-state index contributed by atoms with van der Waals surface area (Å²) in [6.07, 6.45) is 4.28. The van der Waals surface area contributed by atoms with Gasteiger partial charge < -0.3 is 4.57 Å². The SMILES string of the molecule is C/C=C\c1c(C)c2cc(C)ccc2n1-c1cccc(-c2nc(-c3ccccc3)nc(-c3ccccc3)n2)c1. The van der Waals surface area contributed by atoms with Gasteiger partial charge in [0.05, 0.1) is 5.52 Å². The average Bonchev–Trinajstić information content (AvgIpc) is 3.24. The van der Waals surface area contributed by atoms with Gasteiger partial charge in [0.1, 0.15) is 0 Å². The number of aryl methyl sites for hydroxylation is 2. The van der Waals surface area contributed by atoms with Crippen LogP contribution in [0.2, 0.25) is 0 Å². The highest BCUT2D eigenvalue weighted by molar-refractivity contribution is 5.90. The fourth-order valence-corrected chi connectivity index (χ4v) is 4.94. The molecule has 0 atom stereocenters. The van der Waals surface area contributed by atoms with Crippen LogP contribution in [-0.4, -0.2) is 19.5 Å². The number of fused-ring (bicyclic) bond motifs is 1. The van der Waals surface area contributed by atoms with Gasteiger partial charge in [0.25, 0.3) is 0 Å². The van der Waals surface area contributed by atoms with Crippen molar-refractivity contribution in [1.82, 2.24) is 19.5 Å². The van der Waals surface area contributed by atoms with Crippen molar-refractivity contribution in [3.63, 3.8) is 0 Å². The molecule has 6 rings (SSSR count). The highest BCUT2D eigenvalue weighted by atomic mass is 15.0. The highest BCUT2D eigenvalue weighted by Crippen LogP contribution is 2.32. The predicted molar refractivity (Wildman–Crippen MR) is 157 cm³/mol. The zero-order chi connectivity index (χ0) is 26.1. The average molecular weight is 493 g/mol. The molecule has 38 heavy (non-hydrogen) atoms. The van der Waals surface area contributed by atoms with Crippen LogP contribution in [0.5, 0.6) is 0 Å². The maximum Gasteiger partial charge on any atom is 0.164 e. The zero-order valence-electron chi connectivity index (χ0n) is 21.8. The number of hydrogen-bond acceptors (Lipinski definition) is 3. The van der Waals surface area contributed by atoms with Gasteiger partial charge >= 0.3 is 0 Å². The third kappa shape index (κ3) is 4.31. The monoisotopic (exact) mass is 492 g/mol. The van der Waals surface area contributed by atoms with Crippen molar-refractivity contribution in [1.29, 1.82) is 0 Å². The molecule has 0 unspecified atom stereocenters. The Labute approximate surface area is 223 Å². The van der Waals surface area contributed by atoms with E-state index in [0.717, 1.165) is 22.4 Å². The van der Waals surface area contributed by atoms with Gasteiger partial charge in [0.15, 0.2) is 17.5 Å². The second-order valence-electron chi connectivity index (χ2n) is 9.45. The Kier molecular flexibility index (Phi) is 6.14. The van der Waals surface area contributed by atoms with Crippen LogP contribution in [0.1, 0.15) is 23.7 Å². The number of hydrogen-bond donors (Lipinski definition) is 0. The Morgan fingerprint density at radius 3 is 1.79 bits per heavy atom. The molecule has 0 saturated heterocycles. The molecule has 0 radical (unpaired) electrons. The molecule has 4 aromatic carbocycles. The summed E-state index contributed by atoms with van der Waals surface area (Å²) >= 11 is 0. The lowest BCUT2D eigenvalue weighted by Crippen LogP contribution is -2.01. The number of benzene rings is 4. The van der Waals surface area contributed by atoms with E-state index >= 15 is 0 Å². The third-order valence-corrected chi connectivity index (χ3v) is 6.81. The first-order valence-electron chi connectivity index (χ1n) is 12.8.